The molecule has 2 N–H and O–H groups in total. The molecule has 1 amide bonds. The standard InChI is InChI=1S/C9H19NO2/c1-7(10-8(2)11)5-6-9(3,4)12/h7,12H,5-6H2,1-4H3,(H,10,11). The van der Waals surface area contributed by atoms with E-state index in [1.54, 1.807) is 13.8 Å². The second-order valence-electron chi connectivity index (χ2n) is 3.95. The largest absolute Gasteiger partial charge is 0.390 e. The van der Waals surface area contributed by atoms with Crippen molar-refractivity contribution < 1.29 is 9.90 Å². The third-order valence-corrected chi connectivity index (χ3v) is 1.64. The maximum Gasteiger partial charge on any atom is 0.217 e. The van der Waals surface area contributed by atoms with Crippen molar-refractivity contribution in [3.63, 3.8) is 0 Å². The number of rotatable bonds is 4. The summed E-state index contributed by atoms with van der Waals surface area (Å²) >= 11 is 0. The highest BCUT2D eigenvalue weighted by Gasteiger charge is 2.14. The van der Waals surface area contributed by atoms with Crippen LogP contribution in [0.2, 0.25) is 0 Å². The molecule has 0 aliphatic heterocycles. The Bertz CT molecular complexity index is 149. The van der Waals surface area contributed by atoms with Gasteiger partial charge in [0.15, 0.2) is 0 Å². The van der Waals surface area contributed by atoms with Gasteiger partial charge in [-0.05, 0) is 33.6 Å². The number of carbonyl (C=O) groups is 1. The van der Waals surface area contributed by atoms with Crippen LogP contribution in [0.3, 0.4) is 0 Å². The van der Waals surface area contributed by atoms with Crippen molar-refractivity contribution >= 4 is 5.91 Å². The van der Waals surface area contributed by atoms with Crippen molar-refractivity contribution in [1.82, 2.24) is 5.32 Å². The Hall–Kier alpha value is -0.570. The van der Waals surface area contributed by atoms with Crippen LogP contribution < -0.4 is 5.32 Å². The van der Waals surface area contributed by atoms with Crippen LogP contribution in [0.15, 0.2) is 0 Å². The molecule has 0 saturated carbocycles. The molecule has 0 rings (SSSR count). The van der Waals surface area contributed by atoms with Crippen LogP contribution in [-0.4, -0.2) is 22.7 Å². The molecule has 0 bridgehead atoms. The molecule has 72 valence electrons. The van der Waals surface area contributed by atoms with Crippen molar-refractivity contribution in [3.8, 4) is 0 Å². The molecule has 0 aliphatic carbocycles. The van der Waals surface area contributed by atoms with E-state index in [9.17, 15) is 9.90 Å². The minimum Gasteiger partial charge on any atom is -0.390 e. The minimum atomic E-state index is -0.632. The Labute approximate surface area is 74.2 Å². The van der Waals surface area contributed by atoms with Crippen molar-refractivity contribution in [2.75, 3.05) is 0 Å². The average molecular weight is 173 g/mol. The molecule has 3 heteroatoms. The van der Waals surface area contributed by atoms with Gasteiger partial charge in [0.2, 0.25) is 5.91 Å². The Morgan fingerprint density at radius 2 is 2.08 bits per heavy atom. The van der Waals surface area contributed by atoms with Crippen molar-refractivity contribution in [2.45, 2.75) is 52.2 Å². The molecule has 0 aromatic rings. The second-order valence-corrected chi connectivity index (χ2v) is 3.95. The van der Waals surface area contributed by atoms with E-state index < -0.39 is 5.60 Å². The molecular formula is C9H19NO2. The zero-order valence-corrected chi connectivity index (χ0v) is 8.35. The van der Waals surface area contributed by atoms with Crippen LogP contribution in [0.5, 0.6) is 0 Å². The van der Waals surface area contributed by atoms with Gasteiger partial charge in [0.1, 0.15) is 0 Å². The molecule has 0 aromatic carbocycles. The fraction of sp³-hybridized carbons (Fsp3) is 0.889. The highest BCUT2D eigenvalue weighted by Crippen LogP contribution is 2.11. The number of aliphatic hydroxyl groups is 1. The normalized spacial score (nSPS) is 14.1. The summed E-state index contributed by atoms with van der Waals surface area (Å²) in [7, 11) is 0. The molecule has 0 aromatic heterocycles. The molecule has 0 heterocycles. The Morgan fingerprint density at radius 3 is 2.42 bits per heavy atom. The zero-order valence-electron chi connectivity index (χ0n) is 8.35. The van der Waals surface area contributed by atoms with Gasteiger partial charge in [0, 0.05) is 13.0 Å². The lowest BCUT2D eigenvalue weighted by Gasteiger charge is -2.20. The molecule has 12 heavy (non-hydrogen) atoms. The first-order valence-corrected chi connectivity index (χ1v) is 4.31. The summed E-state index contributed by atoms with van der Waals surface area (Å²) in [6.45, 7) is 6.98. The van der Waals surface area contributed by atoms with E-state index in [4.69, 9.17) is 0 Å². The van der Waals surface area contributed by atoms with Crippen molar-refractivity contribution in [3.05, 3.63) is 0 Å². The van der Waals surface area contributed by atoms with Crippen molar-refractivity contribution in [1.29, 1.82) is 0 Å². The molecule has 0 aliphatic rings. The molecule has 0 fully saturated rings. The van der Waals surface area contributed by atoms with Gasteiger partial charge in [0.25, 0.3) is 0 Å². The Kier molecular flexibility index (Phi) is 4.24. The van der Waals surface area contributed by atoms with Gasteiger partial charge in [-0.1, -0.05) is 0 Å². The summed E-state index contributed by atoms with van der Waals surface area (Å²) in [6.07, 6.45) is 1.51. The highest BCUT2D eigenvalue weighted by molar-refractivity contribution is 5.73. The van der Waals surface area contributed by atoms with Crippen LogP contribution in [0.25, 0.3) is 0 Å². The fourth-order valence-corrected chi connectivity index (χ4v) is 0.989. The summed E-state index contributed by atoms with van der Waals surface area (Å²) in [4.78, 5) is 10.6. The van der Waals surface area contributed by atoms with Crippen LogP contribution in [0.4, 0.5) is 0 Å². The van der Waals surface area contributed by atoms with E-state index in [0.717, 1.165) is 6.42 Å². The maximum atomic E-state index is 10.6. The average Bonchev–Trinajstić information content (AvgIpc) is 1.80. The van der Waals surface area contributed by atoms with E-state index >= 15 is 0 Å². The number of amides is 1. The SMILES string of the molecule is CC(=O)NC(C)CCC(C)(C)O. The molecule has 0 saturated heterocycles. The predicted octanol–water partition coefficient (Wildman–Crippen LogP) is 1.06. The highest BCUT2D eigenvalue weighted by atomic mass is 16.3. The summed E-state index contributed by atoms with van der Waals surface area (Å²) < 4.78 is 0. The summed E-state index contributed by atoms with van der Waals surface area (Å²) in [5, 5.41) is 12.2. The monoisotopic (exact) mass is 173 g/mol. The Morgan fingerprint density at radius 1 is 1.58 bits per heavy atom. The van der Waals surface area contributed by atoms with Gasteiger partial charge >= 0.3 is 0 Å². The minimum absolute atomic E-state index is 0.0155. The van der Waals surface area contributed by atoms with Crippen LogP contribution >= 0.6 is 0 Å². The van der Waals surface area contributed by atoms with E-state index in [1.165, 1.54) is 6.92 Å². The summed E-state index contributed by atoms with van der Waals surface area (Å²) in [5.74, 6) is -0.0155. The molecule has 1 unspecified atom stereocenters. The first-order valence-electron chi connectivity index (χ1n) is 4.31. The zero-order chi connectivity index (χ0) is 9.78. The lowest BCUT2D eigenvalue weighted by molar-refractivity contribution is -0.119. The van der Waals surface area contributed by atoms with Gasteiger partial charge in [-0.25, -0.2) is 0 Å². The molecule has 0 spiro atoms. The molecule has 0 radical (unpaired) electrons. The van der Waals surface area contributed by atoms with Gasteiger partial charge in [0.05, 0.1) is 5.60 Å². The molecule has 1 atom stereocenters. The number of hydrogen-bond donors (Lipinski definition) is 2. The summed E-state index contributed by atoms with van der Waals surface area (Å²) in [5.41, 5.74) is -0.632. The van der Waals surface area contributed by atoms with Crippen LogP contribution in [0.1, 0.15) is 40.5 Å². The first-order chi connectivity index (χ1) is 5.31. The third kappa shape index (κ3) is 7.54. The summed E-state index contributed by atoms with van der Waals surface area (Å²) in [6, 6.07) is 0.147. The van der Waals surface area contributed by atoms with E-state index in [1.807, 2.05) is 6.92 Å². The topological polar surface area (TPSA) is 49.3 Å². The van der Waals surface area contributed by atoms with E-state index in [-0.39, 0.29) is 11.9 Å². The van der Waals surface area contributed by atoms with Crippen LogP contribution in [0, 0.1) is 0 Å². The first kappa shape index (κ1) is 11.4. The van der Waals surface area contributed by atoms with E-state index in [2.05, 4.69) is 5.32 Å². The third-order valence-electron chi connectivity index (χ3n) is 1.64. The lowest BCUT2D eigenvalue weighted by Crippen LogP contribution is -2.32. The lowest BCUT2D eigenvalue weighted by atomic mass is 10.00. The number of carbonyl (C=O) groups excluding carboxylic acids is 1. The number of hydrogen-bond acceptors (Lipinski definition) is 2. The van der Waals surface area contributed by atoms with Crippen LogP contribution in [-0.2, 0) is 4.79 Å². The molecular weight excluding hydrogens is 154 g/mol. The Balaban J connectivity index is 3.57. The second kappa shape index (κ2) is 4.45. The maximum absolute atomic E-state index is 10.6. The fourth-order valence-electron chi connectivity index (χ4n) is 0.989. The predicted molar refractivity (Wildman–Crippen MR) is 48.8 cm³/mol. The van der Waals surface area contributed by atoms with E-state index in [0.29, 0.717) is 6.42 Å². The van der Waals surface area contributed by atoms with Gasteiger partial charge in [-0.3, -0.25) is 4.79 Å². The smallest absolute Gasteiger partial charge is 0.217 e. The van der Waals surface area contributed by atoms with Crippen molar-refractivity contribution in [2.24, 2.45) is 0 Å². The quantitative estimate of drug-likeness (QED) is 0.668. The van der Waals surface area contributed by atoms with Gasteiger partial charge in [-0.15, -0.1) is 0 Å². The van der Waals surface area contributed by atoms with Gasteiger partial charge in [-0.2, -0.15) is 0 Å². The van der Waals surface area contributed by atoms with Gasteiger partial charge < -0.3 is 10.4 Å². The number of nitrogens with one attached hydrogen (secondary N) is 1. The molecule has 3 nitrogen and oxygen atoms in total.